The maximum atomic E-state index is 8.10. The summed E-state index contributed by atoms with van der Waals surface area (Å²) in [5.74, 6) is 0.360. The van der Waals surface area contributed by atoms with Crippen molar-refractivity contribution >= 4 is 16.8 Å². The molecule has 3 nitrogen and oxygen atoms in total. The van der Waals surface area contributed by atoms with Crippen LogP contribution in [-0.2, 0) is 0 Å². The molecule has 0 saturated carbocycles. The van der Waals surface area contributed by atoms with Gasteiger partial charge >= 0.3 is 0 Å². The molecule has 4 heteroatoms. The van der Waals surface area contributed by atoms with Crippen molar-refractivity contribution in [3.63, 3.8) is 0 Å². The Morgan fingerprint density at radius 2 is 2.56 bits per heavy atom. The van der Waals surface area contributed by atoms with Crippen LogP contribution in [-0.4, -0.2) is 10.4 Å². The van der Waals surface area contributed by atoms with Gasteiger partial charge in [0.25, 0.3) is 0 Å². The van der Waals surface area contributed by atoms with Crippen molar-refractivity contribution in [2.75, 3.05) is 0 Å². The first-order valence-corrected chi connectivity index (χ1v) is 2.64. The molecule has 0 aromatic carbocycles. The van der Waals surface area contributed by atoms with Gasteiger partial charge in [0.15, 0.2) is 5.76 Å². The topological polar surface area (TPSA) is 45.7 Å². The molecule has 0 radical (unpaired) electrons. The first-order chi connectivity index (χ1) is 4.34. The van der Waals surface area contributed by atoms with E-state index in [1.54, 1.807) is 12.1 Å². The van der Waals surface area contributed by atoms with E-state index >= 15 is 0 Å². The molecule has 1 aromatic heterocycles. The van der Waals surface area contributed by atoms with Gasteiger partial charge in [0.1, 0.15) is 0 Å². The number of furan rings is 1. The molecule has 1 N–H and O–H groups in total. The van der Waals surface area contributed by atoms with Crippen molar-refractivity contribution in [1.29, 1.82) is 0 Å². The van der Waals surface area contributed by atoms with E-state index in [1.165, 1.54) is 6.26 Å². The molecule has 1 aromatic rings. The summed E-state index contributed by atoms with van der Waals surface area (Å²) in [6, 6.07) is 3.25. The highest BCUT2D eigenvalue weighted by molar-refractivity contribution is 6.69. The molecule has 0 aliphatic carbocycles. The van der Waals surface area contributed by atoms with Crippen LogP contribution in [0.5, 0.6) is 0 Å². The van der Waals surface area contributed by atoms with Gasteiger partial charge in [0.05, 0.1) is 6.26 Å². The Bertz CT molecular complexity index is 205. The first kappa shape index (κ1) is 6.16. The summed E-state index contributed by atoms with van der Waals surface area (Å²) in [4.78, 5) is 0. The SMILES string of the molecule is ON=C(Cl)c1ccco1. The number of oxime groups is 1. The van der Waals surface area contributed by atoms with E-state index < -0.39 is 0 Å². The lowest BCUT2D eigenvalue weighted by Gasteiger charge is -1.84. The van der Waals surface area contributed by atoms with Crippen molar-refractivity contribution in [2.24, 2.45) is 5.16 Å². The molecule has 0 aliphatic rings. The van der Waals surface area contributed by atoms with Gasteiger partial charge in [-0.2, -0.15) is 0 Å². The Morgan fingerprint density at radius 1 is 1.78 bits per heavy atom. The molecule has 0 amide bonds. The molecule has 1 heterocycles. The van der Waals surface area contributed by atoms with E-state index in [0.717, 1.165) is 0 Å². The third-order valence-electron chi connectivity index (χ3n) is 0.812. The zero-order chi connectivity index (χ0) is 6.69. The van der Waals surface area contributed by atoms with E-state index in [9.17, 15) is 0 Å². The van der Waals surface area contributed by atoms with Gasteiger partial charge < -0.3 is 9.62 Å². The highest BCUT2D eigenvalue weighted by atomic mass is 35.5. The van der Waals surface area contributed by atoms with Gasteiger partial charge in [0.2, 0.25) is 5.17 Å². The van der Waals surface area contributed by atoms with Crippen LogP contribution in [0.25, 0.3) is 0 Å². The van der Waals surface area contributed by atoms with Crippen LogP contribution in [0.15, 0.2) is 28.0 Å². The fourth-order valence-corrected chi connectivity index (χ4v) is 0.553. The zero-order valence-corrected chi connectivity index (χ0v) is 5.17. The molecule has 0 unspecified atom stereocenters. The minimum Gasteiger partial charge on any atom is -0.462 e. The Morgan fingerprint density at radius 3 is 3.00 bits per heavy atom. The van der Waals surface area contributed by atoms with E-state index in [-0.39, 0.29) is 5.17 Å². The third kappa shape index (κ3) is 1.23. The van der Waals surface area contributed by atoms with Crippen molar-refractivity contribution in [1.82, 2.24) is 0 Å². The monoisotopic (exact) mass is 145 g/mol. The minimum atomic E-state index is -0.0417. The number of hydrogen-bond donors (Lipinski definition) is 1. The third-order valence-corrected chi connectivity index (χ3v) is 1.07. The Kier molecular flexibility index (Phi) is 1.75. The summed E-state index contributed by atoms with van der Waals surface area (Å²) >= 11 is 5.34. The lowest BCUT2D eigenvalue weighted by atomic mass is 10.5. The molecule has 0 fully saturated rings. The summed E-state index contributed by atoms with van der Waals surface area (Å²) < 4.78 is 4.76. The van der Waals surface area contributed by atoms with E-state index in [4.69, 9.17) is 21.2 Å². The maximum absolute atomic E-state index is 8.10. The molecular formula is C5H4ClNO2. The van der Waals surface area contributed by atoms with Crippen LogP contribution in [0, 0.1) is 0 Å². The smallest absolute Gasteiger partial charge is 0.210 e. The van der Waals surface area contributed by atoms with Crippen LogP contribution in [0.4, 0.5) is 0 Å². The maximum Gasteiger partial charge on any atom is 0.210 e. The van der Waals surface area contributed by atoms with Crippen molar-refractivity contribution in [3.05, 3.63) is 24.2 Å². The van der Waals surface area contributed by atoms with Gasteiger partial charge in [-0.25, -0.2) is 0 Å². The number of nitrogens with zero attached hydrogens (tertiary/aromatic N) is 1. The second-order valence-electron chi connectivity index (χ2n) is 1.37. The summed E-state index contributed by atoms with van der Waals surface area (Å²) in [5.41, 5.74) is 0. The zero-order valence-electron chi connectivity index (χ0n) is 4.41. The van der Waals surface area contributed by atoms with Crippen molar-refractivity contribution in [3.8, 4) is 0 Å². The lowest BCUT2D eigenvalue weighted by molar-refractivity contribution is 0.319. The highest BCUT2D eigenvalue weighted by Gasteiger charge is 2.00. The normalized spacial score (nSPS) is 11.9. The first-order valence-electron chi connectivity index (χ1n) is 2.26. The Labute approximate surface area is 56.5 Å². The van der Waals surface area contributed by atoms with E-state index in [0.29, 0.717) is 5.76 Å². The van der Waals surface area contributed by atoms with Crippen molar-refractivity contribution in [2.45, 2.75) is 0 Å². The fraction of sp³-hybridized carbons (Fsp3) is 0. The molecule has 48 valence electrons. The predicted molar refractivity (Wildman–Crippen MR) is 32.9 cm³/mol. The quantitative estimate of drug-likeness (QED) is 0.371. The van der Waals surface area contributed by atoms with Crippen LogP contribution in [0.1, 0.15) is 5.76 Å². The summed E-state index contributed by atoms with van der Waals surface area (Å²) in [5, 5.41) is 10.8. The second kappa shape index (κ2) is 2.55. The molecular weight excluding hydrogens is 142 g/mol. The average Bonchev–Trinajstić information content (AvgIpc) is 2.37. The number of rotatable bonds is 1. The molecule has 1 rings (SSSR count). The van der Waals surface area contributed by atoms with Gasteiger partial charge in [-0.3, -0.25) is 0 Å². The molecule has 0 spiro atoms. The minimum absolute atomic E-state index is 0.0417. The van der Waals surface area contributed by atoms with E-state index in [1.807, 2.05) is 0 Å². The standard InChI is InChI=1S/C5H4ClNO2/c6-5(7-8)4-2-1-3-9-4/h1-3,8H. The highest BCUT2D eigenvalue weighted by Crippen LogP contribution is 2.04. The number of halogens is 1. The summed E-state index contributed by atoms with van der Waals surface area (Å²) in [6.45, 7) is 0. The Hall–Kier alpha value is -0.960. The summed E-state index contributed by atoms with van der Waals surface area (Å²) in [7, 11) is 0. The second-order valence-corrected chi connectivity index (χ2v) is 1.73. The van der Waals surface area contributed by atoms with Crippen LogP contribution >= 0.6 is 11.6 Å². The van der Waals surface area contributed by atoms with Crippen molar-refractivity contribution < 1.29 is 9.62 Å². The lowest BCUT2D eigenvalue weighted by Crippen LogP contribution is -1.85. The molecule has 0 aliphatic heterocycles. The van der Waals surface area contributed by atoms with Gasteiger partial charge in [-0.05, 0) is 12.1 Å². The average molecular weight is 146 g/mol. The molecule has 0 bridgehead atoms. The van der Waals surface area contributed by atoms with E-state index in [2.05, 4.69) is 5.16 Å². The predicted octanol–water partition coefficient (Wildman–Crippen LogP) is 1.65. The number of hydrogen-bond acceptors (Lipinski definition) is 3. The Balaban J connectivity index is 2.90. The fourth-order valence-electron chi connectivity index (χ4n) is 0.445. The summed E-state index contributed by atoms with van der Waals surface area (Å²) in [6.07, 6.45) is 1.45. The molecule has 0 atom stereocenters. The largest absolute Gasteiger partial charge is 0.462 e. The van der Waals surface area contributed by atoms with Crippen LogP contribution < -0.4 is 0 Å². The van der Waals surface area contributed by atoms with Crippen LogP contribution in [0.2, 0.25) is 0 Å². The van der Waals surface area contributed by atoms with Gasteiger partial charge in [-0.1, -0.05) is 16.8 Å². The van der Waals surface area contributed by atoms with Gasteiger partial charge in [0, 0.05) is 0 Å². The molecule has 0 saturated heterocycles. The van der Waals surface area contributed by atoms with Gasteiger partial charge in [-0.15, -0.1) is 0 Å². The van der Waals surface area contributed by atoms with Crippen LogP contribution in [0.3, 0.4) is 0 Å². The molecule has 9 heavy (non-hydrogen) atoms.